The molecule has 0 heterocycles. The molecule has 0 fully saturated rings. The van der Waals surface area contributed by atoms with Crippen LogP contribution >= 0.6 is 11.6 Å². The van der Waals surface area contributed by atoms with Crippen molar-refractivity contribution in [3.8, 4) is 11.5 Å². The van der Waals surface area contributed by atoms with Crippen molar-refractivity contribution >= 4 is 17.6 Å². The lowest BCUT2D eigenvalue weighted by atomic mass is 9.85. The standard InChI is InChI=1S/C13H16ClFO4/c1-13(2,12(16)17)6-7-5-8(14)9(15)11(19-4)10(7)18-3/h5H,6H2,1-4H3,(H,16,17). The number of carboxylic acid groups (broad SMARTS) is 1. The Bertz CT molecular complexity index is 500. The predicted octanol–water partition coefficient (Wildman–Crippen LogP) is 3.15. The Morgan fingerprint density at radius 3 is 2.32 bits per heavy atom. The molecule has 4 nitrogen and oxygen atoms in total. The van der Waals surface area contributed by atoms with Crippen molar-refractivity contribution in [2.75, 3.05) is 14.2 Å². The summed E-state index contributed by atoms with van der Waals surface area (Å²) in [6.07, 6.45) is 0.141. The van der Waals surface area contributed by atoms with Gasteiger partial charge in [-0.25, -0.2) is 4.39 Å². The van der Waals surface area contributed by atoms with E-state index in [1.54, 1.807) is 13.8 Å². The van der Waals surface area contributed by atoms with Gasteiger partial charge in [0.1, 0.15) is 0 Å². The van der Waals surface area contributed by atoms with Gasteiger partial charge in [0.25, 0.3) is 0 Å². The van der Waals surface area contributed by atoms with E-state index in [0.29, 0.717) is 5.56 Å². The number of benzene rings is 1. The summed E-state index contributed by atoms with van der Waals surface area (Å²) >= 11 is 5.78. The zero-order valence-corrected chi connectivity index (χ0v) is 12.0. The van der Waals surface area contributed by atoms with Crippen molar-refractivity contribution in [1.82, 2.24) is 0 Å². The van der Waals surface area contributed by atoms with Gasteiger partial charge in [-0.1, -0.05) is 11.6 Å². The second kappa shape index (κ2) is 5.65. The molecule has 1 aromatic rings. The lowest BCUT2D eigenvalue weighted by Crippen LogP contribution is -2.26. The third-order valence-electron chi connectivity index (χ3n) is 2.83. The second-order valence-electron chi connectivity index (χ2n) is 4.76. The molecule has 0 amide bonds. The Labute approximate surface area is 116 Å². The van der Waals surface area contributed by atoms with Gasteiger partial charge in [0.2, 0.25) is 0 Å². The van der Waals surface area contributed by atoms with Crippen LogP contribution in [0.2, 0.25) is 5.02 Å². The number of hydrogen-bond acceptors (Lipinski definition) is 3. The lowest BCUT2D eigenvalue weighted by molar-refractivity contribution is -0.146. The number of carboxylic acids is 1. The summed E-state index contributed by atoms with van der Waals surface area (Å²) in [5.41, 5.74) is -0.544. The van der Waals surface area contributed by atoms with E-state index in [2.05, 4.69) is 0 Å². The highest BCUT2D eigenvalue weighted by Gasteiger charge is 2.30. The highest BCUT2D eigenvalue weighted by molar-refractivity contribution is 6.31. The maximum atomic E-state index is 13.8. The third kappa shape index (κ3) is 3.10. The van der Waals surface area contributed by atoms with E-state index in [9.17, 15) is 9.18 Å². The third-order valence-corrected chi connectivity index (χ3v) is 3.10. The van der Waals surface area contributed by atoms with Gasteiger partial charge < -0.3 is 14.6 Å². The van der Waals surface area contributed by atoms with Gasteiger partial charge in [-0.15, -0.1) is 0 Å². The van der Waals surface area contributed by atoms with E-state index in [1.165, 1.54) is 20.3 Å². The number of rotatable bonds is 5. The molecule has 0 aliphatic rings. The van der Waals surface area contributed by atoms with E-state index in [-0.39, 0.29) is 22.9 Å². The quantitative estimate of drug-likeness (QED) is 0.905. The van der Waals surface area contributed by atoms with Crippen LogP contribution in [0.1, 0.15) is 19.4 Å². The zero-order valence-electron chi connectivity index (χ0n) is 11.2. The largest absolute Gasteiger partial charge is 0.492 e. The van der Waals surface area contributed by atoms with E-state index in [4.69, 9.17) is 26.2 Å². The SMILES string of the molecule is COc1c(CC(C)(C)C(=O)O)cc(Cl)c(F)c1OC. The first-order valence-electron chi connectivity index (χ1n) is 5.56. The van der Waals surface area contributed by atoms with Crippen molar-refractivity contribution in [3.63, 3.8) is 0 Å². The first-order valence-corrected chi connectivity index (χ1v) is 5.94. The molecule has 6 heteroatoms. The minimum Gasteiger partial charge on any atom is -0.492 e. The van der Waals surface area contributed by atoms with E-state index in [0.717, 1.165) is 0 Å². The molecule has 0 aliphatic carbocycles. The van der Waals surface area contributed by atoms with Crippen LogP contribution in [-0.4, -0.2) is 25.3 Å². The van der Waals surface area contributed by atoms with Gasteiger partial charge in [0.15, 0.2) is 17.3 Å². The highest BCUT2D eigenvalue weighted by atomic mass is 35.5. The van der Waals surface area contributed by atoms with Crippen molar-refractivity contribution in [2.45, 2.75) is 20.3 Å². The fourth-order valence-corrected chi connectivity index (χ4v) is 1.94. The Morgan fingerprint density at radius 2 is 1.89 bits per heavy atom. The van der Waals surface area contributed by atoms with Crippen LogP contribution in [0.15, 0.2) is 6.07 Å². The minimum absolute atomic E-state index is 0.119. The minimum atomic E-state index is -1.03. The number of carbonyl (C=O) groups is 1. The van der Waals surface area contributed by atoms with Crippen LogP contribution in [0.5, 0.6) is 11.5 Å². The van der Waals surface area contributed by atoms with Gasteiger partial charge in [-0.2, -0.15) is 0 Å². The molecule has 0 aliphatic heterocycles. The molecule has 0 atom stereocenters. The monoisotopic (exact) mass is 290 g/mol. The lowest BCUT2D eigenvalue weighted by Gasteiger charge is -2.22. The molecule has 1 rings (SSSR count). The van der Waals surface area contributed by atoms with Gasteiger partial charge in [-0.3, -0.25) is 4.79 Å². The molecule has 0 radical (unpaired) electrons. The zero-order chi connectivity index (χ0) is 14.8. The normalized spacial score (nSPS) is 11.3. The molecular weight excluding hydrogens is 275 g/mol. The predicted molar refractivity (Wildman–Crippen MR) is 69.6 cm³/mol. The Kier molecular flexibility index (Phi) is 4.63. The highest BCUT2D eigenvalue weighted by Crippen LogP contribution is 2.40. The molecule has 1 aromatic carbocycles. The van der Waals surface area contributed by atoms with Crippen molar-refractivity contribution in [3.05, 3.63) is 22.5 Å². The average Bonchev–Trinajstić information content (AvgIpc) is 2.32. The summed E-state index contributed by atoms with van der Waals surface area (Å²) in [6.45, 7) is 3.14. The Balaban J connectivity index is 3.36. The maximum Gasteiger partial charge on any atom is 0.309 e. The van der Waals surface area contributed by atoms with E-state index >= 15 is 0 Å². The molecule has 106 valence electrons. The number of halogens is 2. The number of methoxy groups -OCH3 is 2. The molecule has 0 bridgehead atoms. The summed E-state index contributed by atoms with van der Waals surface area (Å²) < 4.78 is 23.8. The van der Waals surface area contributed by atoms with Crippen LogP contribution in [0.4, 0.5) is 4.39 Å². The van der Waals surface area contributed by atoms with E-state index in [1.807, 2.05) is 0 Å². The molecule has 1 N–H and O–H groups in total. The summed E-state index contributed by atoms with van der Waals surface area (Å²) in [4.78, 5) is 11.2. The fraction of sp³-hybridized carbons (Fsp3) is 0.462. The average molecular weight is 291 g/mol. The molecule has 0 unspecified atom stereocenters. The van der Waals surface area contributed by atoms with Crippen molar-refractivity contribution < 1.29 is 23.8 Å². The fourth-order valence-electron chi connectivity index (χ4n) is 1.72. The molecular formula is C13H16ClFO4. The van der Waals surface area contributed by atoms with Crippen LogP contribution in [0, 0.1) is 11.2 Å². The Morgan fingerprint density at radius 1 is 1.37 bits per heavy atom. The molecule has 19 heavy (non-hydrogen) atoms. The molecule has 0 aromatic heterocycles. The van der Waals surface area contributed by atoms with Crippen molar-refractivity contribution in [2.24, 2.45) is 5.41 Å². The van der Waals surface area contributed by atoms with Crippen LogP contribution in [0.25, 0.3) is 0 Å². The summed E-state index contributed by atoms with van der Waals surface area (Å²) in [5.74, 6) is -1.64. The van der Waals surface area contributed by atoms with Crippen LogP contribution < -0.4 is 9.47 Å². The second-order valence-corrected chi connectivity index (χ2v) is 5.17. The summed E-state index contributed by atoms with van der Waals surface area (Å²) in [6, 6.07) is 1.36. The number of hydrogen-bond donors (Lipinski definition) is 1. The summed E-state index contributed by atoms with van der Waals surface area (Å²) in [7, 11) is 2.66. The van der Waals surface area contributed by atoms with Crippen molar-refractivity contribution in [1.29, 1.82) is 0 Å². The summed E-state index contributed by atoms with van der Waals surface area (Å²) in [5, 5.41) is 9.01. The first kappa shape index (κ1) is 15.6. The maximum absolute atomic E-state index is 13.8. The van der Waals surface area contributed by atoms with Gasteiger partial charge in [0.05, 0.1) is 24.7 Å². The van der Waals surface area contributed by atoms with Gasteiger partial charge in [-0.05, 0) is 26.3 Å². The van der Waals surface area contributed by atoms with Crippen LogP contribution in [0.3, 0.4) is 0 Å². The molecule has 0 spiro atoms. The van der Waals surface area contributed by atoms with Crippen LogP contribution in [-0.2, 0) is 11.2 Å². The number of ether oxygens (including phenoxy) is 2. The topological polar surface area (TPSA) is 55.8 Å². The molecule has 0 saturated carbocycles. The first-order chi connectivity index (χ1) is 8.74. The van der Waals surface area contributed by atoms with E-state index < -0.39 is 17.2 Å². The Hall–Kier alpha value is -1.49. The van der Waals surface area contributed by atoms with Gasteiger partial charge in [0, 0.05) is 5.56 Å². The smallest absolute Gasteiger partial charge is 0.309 e. The number of aliphatic carboxylic acids is 1. The van der Waals surface area contributed by atoms with Gasteiger partial charge >= 0.3 is 5.97 Å². The molecule has 0 saturated heterocycles.